The standard InChI is InChI=1S/C14H28N2O/c1-2-15-8-3-4-14(12-15)16-9-5-13(6-10-16)7-11-17/h13-14,17H,2-12H2,1H3/t14-/m1/s1. The normalized spacial score (nSPS) is 29.6. The van der Waals surface area contributed by atoms with E-state index in [9.17, 15) is 0 Å². The summed E-state index contributed by atoms with van der Waals surface area (Å²) < 4.78 is 0. The summed E-state index contributed by atoms with van der Waals surface area (Å²) in [5.74, 6) is 0.780. The van der Waals surface area contributed by atoms with Crippen LogP contribution in [0.4, 0.5) is 0 Å². The molecule has 3 heteroatoms. The van der Waals surface area contributed by atoms with E-state index in [2.05, 4.69) is 16.7 Å². The van der Waals surface area contributed by atoms with Gasteiger partial charge in [-0.05, 0) is 64.2 Å². The number of aliphatic hydroxyl groups is 1. The average molecular weight is 240 g/mol. The third-order valence-electron chi connectivity index (χ3n) is 4.63. The molecule has 2 fully saturated rings. The molecule has 0 aromatic rings. The Kier molecular flexibility index (Phi) is 5.26. The molecule has 2 heterocycles. The monoisotopic (exact) mass is 240 g/mol. The second kappa shape index (κ2) is 6.72. The SMILES string of the molecule is CCN1CCC[C@@H](N2CCC(CCO)CC2)C1. The number of piperidine rings is 2. The summed E-state index contributed by atoms with van der Waals surface area (Å²) in [6.07, 6.45) is 6.36. The van der Waals surface area contributed by atoms with Crippen molar-refractivity contribution in [3.05, 3.63) is 0 Å². The topological polar surface area (TPSA) is 26.7 Å². The highest BCUT2D eigenvalue weighted by Gasteiger charge is 2.27. The van der Waals surface area contributed by atoms with Crippen LogP contribution < -0.4 is 0 Å². The molecule has 100 valence electrons. The Morgan fingerprint density at radius 2 is 1.88 bits per heavy atom. The Morgan fingerprint density at radius 1 is 1.12 bits per heavy atom. The molecule has 1 atom stereocenters. The molecular formula is C14H28N2O. The maximum Gasteiger partial charge on any atom is 0.0433 e. The summed E-state index contributed by atoms with van der Waals surface area (Å²) in [5.41, 5.74) is 0. The largest absolute Gasteiger partial charge is 0.396 e. The second-order valence-corrected chi connectivity index (χ2v) is 5.68. The zero-order chi connectivity index (χ0) is 12.1. The molecule has 0 aromatic carbocycles. The van der Waals surface area contributed by atoms with E-state index in [4.69, 9.17) is 5.11 Å². The maximum absolute atomic E-state index is 8.98. The van der Waals surface area contributed by atoms with Crippen molar-refractivity contribution in [2.24, 2.45) is 5.92 Å². The van der Waals surface area contributed by atoms with Gasteiger partial charge in [-0.2, -0.15) is 0 Å². The molecule has 17 heavy (non-hydrogen) atoms. The third kappa shape index (κ3) is 3.67. The first-order valence-electron chi connectivity index (χ1n) is 7.40. The molecule has 1 N–H and O–H groups in total. The fraction of sp³-hybridized carbons (Fsp3) is 1.00. The average Bonchev–Trinajstić information content (AvgIpc) is 2.40. The van der Waals surface area contributed by atoms with Crippen molar-refractivity contribution in [1.82, 2.24) is 9.80 Å². The van der Waals surface area contributed by atoms with Gasteiger partial charge in [-0.25, -0.2) is 0 Å². The smallest absolute Gasteiger partial charge is 0.0433 e. The minimum atomic E-state index is 0.373. The minimum absolute atomic E-state index is 0.373. The molecule has 2 aliphatic rings. The summed E-state index contributed by atoms with van der Waals surface area (Å²) in [7, 11) is 0. The fourth-order valence-electron chi connectivity index (χ4n) is 3.41. The van der Waals surface area contributed by atoms with Gasteiger partial charge in [0, 0.05) is 19.2 Å². The van der Waals surface area contributed by atoms with Crippen LogP contribution in [0.25, 0.3) is 0 Å². The molecule has 0 saturated carbocycles. The van der Waals surface area contributed by atoms with Crippen LogP contribution in [0, 0.1) is 5.92 Å². The highest BCUT2D eigenvalue weighted by atomic mass is 16.3. The molecule has 2 aliphatic heterocycles. The van der Waals surface area contributed by atoms with Crippen molar-refractivity contribution >= 4 is 0 Å². The van der Waals surface area contributed by atoms with E-state index in [-0.39, 0.29) is 0 Å². The zero-order valence-corrected chi connectivity index (χ0v) is 11.3. The van der Waals surface area contributed by atoms with E-state index in [1.165, 1.54) is 58.4 Å². The van der Waals surface area contributed by atoms with Gasteiger partial charge in [0.1, 0.15) is 0 Å². The first-order valence-corrected chi connectivity index (χ1v) is 7.40. The predicted octanol–water partition coefficient (Wildman–Crippen LogP) is 1.57. The van der Waals surface area contributed by atoms with Gasteiger partial charge in [-0.3, -0.25) is 4.90 Å². The van der Waals surface area contributed by atoms with Crippen LogP contribution in [0.15, 0.2) is 0 Å². The lowest BCUT2D eigenvalue weighted by Gasteiger charge is -2.42. The first-order chi connectivity index (χ1) is 8.33. The summed E-state index contributed by atoms with van der Waals surface area (Å²) in [5, 5.41) is 8.98. The number of hydrogen-bond donors (Lipinski definition) is 1. The summed E-state index contributed by atoms with van der Waals surface area (Å²) in [4.78, 5) is 5.30. The van der Waals surface area contributed by atoms with Crippen molar-refractivity contribution in [1.29, 1.82) is 0 Å². The van der Waals surface area contributed by atoms with Crippen LogP contribution in [0.2, 0.25) is 0 Å². The van der Waals surface area contributed by atoms with Crippen LogP contribution in [-0.4, -0.2) is 60.3 Å². The molecule has 0 amide bonds. The van der Waals surface area contributed by atoms with Gasteiger partial charge in [-0.15, -0.1) is 0 Å². The molecule has 0 spiro atoms. The molecule has 2 rings (SSSR count). The van der Waals surface area contributed by atoms with Crippen molar-refractivity contribution in [3.8, 4) is 0 Å². The van der Waals surface area contributed by atoms with Gasteiger partial charge in [0.15, 0.2) is 0 Å². The van der Waals surface area contributed by atoms with Crippen LogP contribution in [0.5, 0.6) is 0 Å². The number of hydrogen-bond acceptors (Lipinski definition) is 3. The van der Waals surface area contributed by atoms with Crippen LogP contribution in [-0.2, 0) is 0 Å². The van der Waals surface area contributed by atoms with Crippen LogP contribution in [0.3, 0.4) is 0 Å². The molecule has 0 radical (unpaired) electrons. The molecule has 0 bridgehead atoms. The van der Waals surface area contributed by atoms with E-state index in [0.29, 0.717) is 6.61 Å². The Balaban J connectivity index is 1.76. The number of aliphatic hydroxyl groups excluding tert-OH is 1. The molecule has 0 aromatic heterocycles. The minimum Gasteiger partial charge on any atom is -0.396 e. The van der Waals surface area contributed by atoms with E-state index < -0.39 is 0 Å². The highest BCUT2D eigenvalue weighted by molar-refractivity contribution is 4.83. The Morgan fingerprint density at radius 3 is 2.53 bits per heavy atom. The lowest BCUT2D eigenvalue weighted by Crippen LogP contribution is -2.50. The summed E-state index contributed by atoms with van der Waals surface area (Å²) in [6.45, 7) is 8.94. The quantitative estimate of drug-likeness (QED) is 0.808. The fourth-order valence-corrected chi connectivity index (χ4v) is 3.41. The second-order valence-electron chi connectivity index (χ2n) is 5.68. The van der Waals surface area contributed by atoms with Crippen molar-refractivity contribution in [2.75, 3.05) is 39.3 Å². The number of rotatable bonds is 4. The van der Waals surface area contributed by atoms with E-state index in [1.807, 2.05) is 0 Å². The number of nitrogens with zero attached hydrogens (tertiary/aromatic N) is 2. The molecule has 2 saturated heterocycles. The third-order valence-corrected chi connectivity index (χ3v) is 4.63. The van der Waals surface area contributed by atoms with Gasteiger partial charge >= 0.3 is 0 Å². The summed E-state index contributed by atoms with van der Waals surface area (Å²) in [6, 6.07) is 0.804. The summed E-state index contributed by atoms with van der Waals surface area (Å²) >= 11 is 0. The Hall–Kier alpha value is -0.120. The molecule has 0 aliphatic carbocycles. The van der Waals surface area contributed by atoms with Gasteiger partial charge < -0.3 is 10.0 Å². The number of likely N-dealkylation sites (tertiary alicyclic amines) is 2. The molecule has 3 nitrogen and oxygen atoms in total. The van der Waals surface area contributed by atoms with Gasteiger partial charge in [0.25, 0.3) is 0 Å². The first kappa shape index (κ1) is 13.3. The molecule has 0 unspecified atom stereocenters. The Labute approximate surface area is 106 Å². The van der Waals surface area contributed by atoms with Gasteiger partial charge in [0.05, 0.1) is 0 Å². The zero-order valence-electron chi connectivity index (χ0n) is 11.3. The highest BCUT2D eigenvalue weighted by Crippen LogP contribution is 2.24. The predicted molar refractivity (Wildman–Crippen MR) is 71.1 cm³/mol. The van der Waals surface area contributed by atoms with E-state index in [0.717, 1.165) is 18.4 Å². The maximum atomic E-state index is 8.98. The lowest BCUT2D eigenvalue weighted by molar-refractivity contribution is 0.0663. The van der Waals surface area contributed by atoms with Gasteiger partial charge in [0.2, 0.25) is 0 Å². The van der Waals surface area contributed by atoms with Crippen LogP contribution in [0.1, 0.15) is 39.0 Å². The van der Waals surface area contributed by atoms with E-state index in [1.54, 1.807) is 0 Å². The van der Waals surface area contributed by atoms with Crippen LogP contribution >= 0.6 is 0 Å². The van der Waals surface area contributed by atoms with Crippen molar-refractivity contribution < 1.29 is 5.11 Å². The van der Waals surface area contributed by atoms with E-state index >= 15 is 0 Å². The van der Waals surface area contributed by atoms with Crippen molar-refractivity contribution in [2.45, 2.75) is 45.1 Å². The lowest BCUT2D eigenvalue weighted by atomic mass is 9.92. The Bertz CT molecular complexity index is 214. The number of likely N-dealkylation sites (N-methyl/N-ethyl adjacent to an activating group) is 1. The van der Waals surface area contributed by atoms with Gasteiger partial charge in [-0.1, -0.05) is 6.92 Å². The van der Waals surface area contributed by atoms with Crippen molar-refractivity contribution in [3.63, 3.8) is 0 Å². The molecular weight excluding hydrogens is 212 g/mol.